The Morgan fingerprint density at radius 1 is 1.20 bits per heavy atom. The molecule has 0 bridgehead atoms. The van der Waals surface area contributed by atoms with Crippen molar-refractivity contribution in [2.45, 2.75) is 13.0 Å². The molecule has 3 rings (SSSR count). The van der Waals surface area contributed by atoms with Gasteiger partial charge < -0.3 is 15.4 Å². The first-order valence-electron chi connectivity index (χ1n) is 7.90. The lowest BCUT2D eigenvalue weighted by molar-refractivity contribution is -0.138. The van der Waals surface area contributed by atoms with Crippen molar-refractivity contribution in [2.75, 3.05) is 6.61 Å². The molecule has 0 saturated heterocycles. The molecule has 0 fully saturated rings. The van der Waals surface area contributed by atoms with Gasteiger partial charge in [-0.25, -0.2) is 4.79 Å². The Morgan fingerprint density at radius 2 is 1.96 bits per heavy atom. The standard InChI is InChI=1S/C19H17ClN2O2S/c1-2-24-18(23)15-16(12-7-4-3-5-8-12)21-19(25)22-17(15)13-9-6-10-14(20)11-13/h3-11,17H,2H2,1H3,(H2,21,22,25). The lowest BCUT2D eigenvalue weighted by Crippen LogP contribution is -2.45. The summed E-state index contributed by atoms with van der Waals surface area (Å²) in [6.07, 6.45) is 0. The third kappa shape index (κ3) is 3.83. The Bertz CT molecular complexity index is 836. The zero-order chi connectivity index (χ0) is 17.8. The van der Waals surface area contributed by atoms with E-state index in [9.17, 15) is 4.79 Å². The van der Waals surface area contributed by atoms with Crippen LogP contribution in [-0.2, 0) is 9.53 Å². The Morgan fingerprint density at radius 3 is 2.64 bits per heavy atom. The Hall–Kier alpha value is -2.37. The first kappa shape index (κ1) is 17.5. The summed E-state index contributed by atoms with van der Waals surface area (Å²) in [5.74, 6) is -0.395. The summed E-state index contributed by atoms with van der Waals surface area (Å²) in [6, 6.07) is 16.5. The van der Waals surface area contributed by atoms with Crippen LogP contribution in [0.2, 0.25) is 5.02 Å². The molecule has 25 heavy (non-hydrogen) atoms. The predicted molar refractivity (Wildman–Crippen MR) is 103 cm³/mol. The molecule has 6 heteroatoms. The van der Waals surface area contributed by atoms with Gasteiger partial charge in [0.25, 0.3) is 0 Å². The molecule has 0 saturated carbocycles. The lowest BCUT2D eigenvalue weighted by Gasteiger charge is -2.31. The van der Waals surface area contributed by atoms with Crippen molar-refractivity contribution in [2.24, 2.45) is 0 Å². The molecule has 1 unspecified atom stereocenters. The maximum absolute atomic E-state index is 12.7. The largest absolute Gasteiger partial charge is 0.463 e. The number of halogens is 1. The number of hydrogen-bond acceptors (Lipinski definition) is 3. The minimum Gasteiger partial charge on any atom is -0.463 e. The van der Waals surface area contributed by atoms with Crippen LogP contribution in [0, 0.1) is 0 Å². The van der Waals surface area contributed by atoms with Crippen LogP contribution in [0.1, 0.15) is 24.1 Å². The number of benzene rings is 2. The van der Waals surface area contributed by atoms with Gasteiger partial charge in [0.15, 0.2) is 5.11 Å². The summed E-state index contributed by atoms with van der Waals surface area (Å²) in [6.45, 7) is 2.07. The van der Waals surface area contributed by atoms with Gasteiger partial charge in [-0.05, 0) is 42.4 Å². The fraction of sp³-hybridized carbons (Fsp3) is 0.158. The van der Waals surface area contributed by atoms with Gasteiger partial charge in [0.2, 0.25) is 0 Å². The van der Waals surface area contributed by atoms with Gasteiger partial charge in [-0.1, -0.05) is 54.1 Å². The van der Waals surface area contributed by atoms with E-state index in [1.807, 2.05) is 48.5 Å². The van der Waals surface area contributed by atoms with Gasteiger partial charge in [-0.15, -0.1) is 0 Å². The SMILES string of the molecule is CCOC(=O)C1=C(c2ccccc2)NC(=S)NC1c1cccc(Cl)c1. The molecule has 1 aliphatic heterocycles. The highest BCUT2D eigenvalue weighted by Crippen LogP contribution is 2.32. The van der Waals surface area contributed by atoms with E-state index in [-0.39, 0.29) is 6.61 Å². The number of ether oxygens (including phenoxy) is 1. The normalized spacial score (nSPS) is 16.9. The Labute approximate surface area is 156 Å². The van der Waals surface area contributed by atoms with Crippen LogP contribution in [0.25, 0.3) is 5.70 Å². The molecule has 0 aliphatic carbocycles. The molecule has 2 N–H and O–H groups in total. The number of nitrogens with one attached hydrogen (secondary N) is 2. The van der Waals surface area contributed by atoms with Crippen LogP contribution in [0.5, 0.6) is 0 Å². The fourth-order valence-corrected chi connectivity index (χ4v) is 3.18. The number of rotatable bonds is 4. The van der Waals surface area contributed by atoms with Crippen molar-refractivity contribution in [3.05, 3.63) is 76.3 Å². The van der Waals surface area contributed by atoms with Crippen LogP contribution >= 0.6 is 23.8 Å². The molecule has 4 nitrogen and oxygen atoms in total. The van der Waals surface area contributed by atoms with E-state index in [4.69, 9.17) is 28.6 Å². The van der Waals surface area contributed by atoms with Gasteiger partial charge in [0, 0.05) is 5.02 Å². The van der Waals surface area contributed by atoms with Gasteiger partial charge >= 0.3 is 5.97 Å². The van der Waals surface area contributed by atoms with Crippen LogP contribution < -0.4 is 10.6 Å². The lowest BCUT2D eigenvalue weighted by atomic mass is 9.93. The zero-order valence-corrected chi connectivity index (χ0v) is 15.2. The van der Waals surface area contributed by atoms with E-state index in [0.29, 0.717) is 21.4 Å². The maximum Gasteiger partial charge on any atom is 0.338 e. The molecule has 1 aliphatic rings. The highest BCUT2D eigenvalue weighted by molar-refractivity contribution is 7.80. The second-order valence-corrected chi connectivity index (χ2v) is 6.31. The van der Waals surface area contributed by atoms with Crippen molar-refractivity contribution in [3.8, 4) is 0 Å². The van der Waals surface area contributed by atoms with E-state index in [1.165, 1.54) is 0 Å². The number of carbonyl (C=O) groups excluding carboxylic acids is 1. The second-order valence-electron chi connectivity index (χ2n) is 5.46. The summed E-state index contributed by atoms with van der Waals surface area (Å²) in [4.78, 5) is 12.7. The summed E-state index contributed by atoms with van der Waals surface area (Å²) in [5.41, 5.74) is 2.82. The van der Waals surface area contributed by atoms with Crippen molar-refractivity contribution in [1.29, 1.82) is 0 Å². The third-order valence-corrected chi connectivity index (χ3v) is 4.27. The number of thiocarbonyl (C=S) groups is 1. The molecule has 0 radical (unpaired) electrons. The summed E-state index contributed by atoms with van der Waals surface area (Å²) < 4.78 is 5.30. The quantitative estimate of drug-likeness (QED) is 0.631. The maximum atomic E-state index is 12.7. The van der Waals surface area contributed by atoms with Gasteiger partial charge in [-0.2, -0.15) is 0 Å². The number of carbonyl (C=O) groups is 1. The summed E-state index contributed by atoms with van der Waals surface area (Å²) >= 11 is 11.5. The minimum atomic E-state index is -0.443. The van der Waals surface area contributed by atoms with Crippen LogP contribution in [0.4, 0.5) is 0 Å². The molecule has 0 amide bonds. The Balaban J connectivity index is 2.18. The molecule has 128 valence electrons. The monoisotopic (exact) mass is 372 g/mol. The van der Waals surface area contributed by atoms with Crippen molar-refractivity contribution < 1.29 is 9.53 Å². The van der Waals surface area contributed by atoms with E-state index >= 15 is 0 Å². The topological polar surface area (TPSA) is 50.4 Å². The first-order chi connectivity index (χ1) is 12.1. The molecular formula is C19H17ClN2O2S. The smallest absolute Gasteiger partial charge is 0.338 e. The van der Waals surface area contributed by atoms with Crippen LogP contribution in [-0.4, -0.2) is 17.7 Å². The van der Waals surface area contributed by atoms with E-state index < -0.39 is 12.0 Å². The van der Waals surface area contributed by atoms with Gasteiger partial charge in [0.05, 0.1) is 23.9 Å². The molecular weight excluding hydrogens is 356 g/mol. The van der Waals surface area contributed by atoms with Crippen LogP contribution in [0.3, 0.4) is 0 Å². The molecule has 1 heterocycles. The first-order valence-corrected chi connectivity index (χ1v) is 8.68. The molecule has 0 spiro atoms. The highest BCUT2D eigenvalue weighted by atomic mass is 35.5. The molecule has 0 aromatic heterocycles. The minimum absolute atomic E-state index is 0.289. The average molecular weight is 373 g/mol. The van der Waals surface area contributed by atoms with E-state index in [2.05, 4.69) is 10.6 Å². The molecule has 2 aromatic rings. The third-order valence-electron chi connectivity index (χ3n) is 3.81. The van der Waals surface area contributed by atoms with Gasteiger partial charge in [-0.3, -0.25) is 0 Å². The van der Waals surface area contributed by atoms with Crippen molar-refractivity contribution in [1.82, 2.24) is 10.6 Å². The number of hydrogen-bond donors (Lipinski definition) is 2. The average Bonchev–Trinajstić information content (AvgIpc) is 2.62. The van der Waals surface area contributed by atoms with Crippen LogP contribution in [0.15, 0.2) is 60.2 Å². The highest BCUT2D eigenvalue weighted by Gasteiger charge is 2.33. The summed E-state index contributed by atoms with van der Waals surface area (Å²) in [5, 5.41) is 7.29. The fourth-order valence-electron chi connectivity index (χ4n) is 2.76. The summed E-state index contributed by atoms with van der Waals surface area (Å²) in [7, 11) is 0. The zero-order valence-electron chi connectivity index (χ0n) is 13.6. The predicted octanol–water partition coefficient (Wildman–Crippen LogP) is 3.83. The second kappa shape index (κ2) is 7.68. The molecule has 1 atom stereocenters. The van der Waals surface area contributed by atoms with E-state index in [1.54, 1.807) is 13.0 Å². The molecule has 2 aromatic carbocycles. The Kier molecular flexibility index (Phi) is 5.36. The van der Waals surface area contributed by atoms with Gasteiger partial charge in [0.1, 0.15) is 0 Å². The van der Waals surface area contributed by atoms with Crippen molar-refractivity contribution >= 4 is 40.6 Å². The van der Waals surface area contributed by atoms with Crippen molar-refractivity contribution in [3.63, 3.8) is 0 Å². The van der Waals surface area contributed by atoms with E-state index in [0.717, 1.165) is 11.1 Å². The number of esters is 1.